The van der Waals surface area contributed by atoms with Crippen molar-refractivity contribution in [1.29, 1.82) is 0 Å². The highest BCUT2D eigenvalue weighted by molar-refractivity contribution is 7.90. The predicted octanol–water partition coefficient (Wildman–Crippen LogP) is 4.01. The summed E-state index contributed by atoms with van der Waals surface area (Å²) in [4.78, 5) is 45.4. The molecule has 0 saturated carbocycles. The molecule has 3 aromatic carbocycles. The van der Waals surface area contributed by atoms with E-state index in [2.05, 4.69) is 21.0 Å². The zero-order valence-corrected chi connectivity index (χ0v) is 25.8. The molecule has 0 atom stereocenters. The van der Waals surface area contributed by atoms with Gasteiger partial charge in [-0.3, -0.25) is 14.2 Å². The monoisotopic (exact) mass is 655 g/mol. The number of amides is 2. The van der Waals surface area contributed by atoms with E-state index in [0.29, 0.717) is 21.7 Å². The highest BCUT2D eigenvalue weighted by atomic mass is 32.2. The van der Waals surface area contributed by atoms with E-state index >= 15 is 0 Å². The molecule has 2 aromatic heterocycles. The Kier molecular flexibility index (Phi) is 8.97. The minimum atomic E-state index is -3.56. The SMILES string of the molecule is CNCc1c(-c2ccc(NC(=O)NOC)cc2)sc2c1c(=O)n(-c1ccc(S(C)(=O)=O)cc1)c(=O)n2Cc1c(F)cccc1F. The molecule has 0 aliphatic rings. The number of carbonyl (C=O) groups excluding carboxylic acids is 1. The normalized spacial score (nSPS) is 11.6. The molecule has 0 radical (unpaired) electrons. The number of anilines is 1. The average molecular weight is 656 g/mol. The summed E-state index contributed by atoms with van der Waals surface area (Å²) >= 11 is 1.11. The fraction of sp³-hybridized carbons (Fsp3) is 0.167. The highest BCUT2D eigenvalue weighted by Gasteiger charge is 2.25. The Hall–Kier alpha value is -4.70. The van der Waals surface area contributed by atoms with Crippen LogP contribution in [-0.4, -0.2) is 44.0 Å². The fourth-order valence-electron chi connectivity index (χ4n) is 4.85. The molecule has 0 saturated heterocycles. The van der Waals surface area contributed by atoms with Crippen LogP contribution in [0.4, 0.5) is 19.3 Å². The first-order valence-electron chi connectivity index (χ1n) is 13.3. The summed E-state index contributed by atoms with van der Waals surface area (Å²) in [7, 11) is -0.583. The lowest BCUT2D eigenvalue weighted by atomic mass is 10.1. The van der Waals surface area contributed by atoms with Gasteiger partial charge in [0, 0.05) is 28.9 Å². The number of benzene rings is 3. The molecule has 11 nitrogen and oxygen atoms in total. The van der Waals surface area contributed by atoms with Gasteiger partial charge in [0.05, 0.1) is 29.6 Å². The minimum absolute atomic E-state index is 0.0135. The van der Waals surface area contributed by atoms with Crippen molar-refractivity contribution in [2.45, 2.75) is 18.0 Å². The van der Waals surface area contributed by atoms with Crippen molar-refractivity contribution >= 4 is 43.1 Å². The molecule has 0 aliphatic carbocycles. The molecule has 0 bridgehead atoms. The molecular weight excluding hydrogens is 628 g/mol. The Morgan fingerprint density at radius 3 is 2.18 bits per heavy atom. The molecule has 0 aliphatic heterocycles. The number of sulfone groups is 1. The van der Waals surface area contributed by atoms with Gasteiger partial charge in [-0.15, -0.1) is 11.3 Å². The second-order valence-corrected chi connectivity index (χ2v) is 12.9. The van der Waals surface area contributed by atoms with E-state index < -0.39 is 45.3 Å². The van der Waals surface area contributed by atoms with Crippen LogP contribution in [0.3, 0.4) is 0 Å². The van der Waals surface area contributed by atoms with Crippen molar-refractivity contribution in [2.75, 3.05) is 25.7 Å². The number of hydroxylamine groups is 1. The molecule has 2 amide bonds. The second kappa shape index (κ2) is 12.7. The van der Waals surface area contributed by atoms with Gasteiger partial charge in [0.25, 0.3) is 5.56 Å². The molecule has 0 fully saturated rings. The number of hydrogen-bond donors (Lipinski definition) is 3. The van der Waals surface area contributed by atoms with Crippen LogP contribution in [0.2, 0.25) is 0 Å². The summed E-state index contributed by atoms with van der Waals surface area (Å²) in [6, 6.07) is 14.7. The van der Waals surface area contributed by atoms with Crippen LogP contribution in [0.15, 0.2) is 81.2 Å². The fourth-order valence-corrected chi connectivity index (χ4v) is 6.79. The molecule has 3 N–H and O–H groups in total. The molecule has 45 heavy (non-hydrogen) atoms. The maximum atomic E-state index is 14.8. The summed E-state index contributed by atoms with van der Waals surface area (Å²) in [5.41, 5.74) is 1.95. The summed E-state index contributed by atoms with van der Waals surface area (Å²) in [5.74, 6) is -1.73. The molecule has 0 spiro atoms. The summed E-state index contributed by atoms with van der Waals surface area (Å²) in [6.07, 6.45) is 1.03. The van der Waals surface area contributed by atoms with Crippen LogP contribution in [0, 0.1) is 11.6 Å². The number of aromatic nitrogens is 2. The third-order valence-electron chi connectivity index (χ3n) is 6.93. The third-order valence-corrected chi connectivity index (χ3v) is 9.36. The standard InChI is InChI=1S/C30H27F2N5O6S2/c1-33-15-21-25-27(38)37(19-11-13-20(14-12-19)45(3,41)42)30(40)36(16-22-23(31)5-4-6-24(22)32)28(25)44-26(21)17-7-9-18(10-8-17)34-29(39)35-43-2/h4-14,33H,15-16H2,1-3H3,(H2,34,35,39). The lowest BCUT2D eigenvalue weighted by Crippen LogP contribution is -2.39. The van der Waals surface area contributed by atoms with Crippen molar-refractivity contribution in [3.05, 3.63) is 110 Å². The van der Waals surface area contributed by atoms with Crippen LogP contribution < -0.4 is 27.4 Å². The van der Waals surface area contributed by atoms with Gasteiger partial charge in [-0.2, -0.15) is 0 Å². The number of carbonyl (C=O) groups is 1. The van der Waals surface area contributed by atoms with Crippen LogP contribution in [0.25, 0.3) is 26.3 Å². The molecule has 15 heteroatoms. The van der Waals surface area contributed by atoms with Crippen LogP contribution in [0.1, 0.15) is 11.1 Å². The largest absolute Gasteiger partial charge is 0.343 e. The number of urea groups is 1. The van der Waals surface area contributed by atoms with Crippen molar-refractivity contribution in [3.63, 3.8) is 0 Å². The molecular formula is C30H27F2N5O6S2. The Balaban J connectivity index is 1.78. The van der Waals surface area contributed by atoms with Gasteiger partial charge in [-0.05, 0) is 66.7 Å². The van der Waals surface area contributed by atoms with Gasteiger partial charge in [-0.1, -0.05) is 18.2 Å². The maximum absolute atomic E-state index is 14.8. The van der Waals surface area contributed by atoms with Crippen molar-refractivity contribution in [3.8, 4) is 16.1 Å². The number of thiophene rings is 1. The number of hydrogen-bond acceptors (Lipinski definition) is 8. The molecule has 234 valence electrons. The Bertz CT molecular complexity index is 2120. The first-order chi connectivity index (χ1) is 21.4. The van der Waals surface area contributed by atoms with E-state index in [9.17, 15) is 31.6 Å². The number of rotatable bonds is 9. The van der Waals surface area contributed by atoms with Gasteiger partial charge in [0.1, 0.15) is 16.5 Å². The third kappa shape index (κ3) is 6.28. The smallest absolute Gasteiger partial charge is 0.316 e. The van der Waals surface area contributed by atoms with Crippen LogP contribution in [0.5, 0.6) is 0 Å². The lowest BCUT2D eigenvalue weighted by molar-refractivity contribution is 0.114. The summed E-state index contributed by atoms with van der Waals surface area (Å²) < 4.78 is 55.7. The quantitative estimate of drug-likeness (QED) is 0.204. The number of fused-ring (bicyclic) bond motifs is 1. The number of halogens is 2. The highest BCUT2D eigenvalue weighted by Crippen LogP contribution is 2.38. The minimum Gasteiger partial charge on any atom is -0.316 e. The van der Waals surface area contributed by atoms with Gasteiger partial charge in [-0.25, -0.2) is 36.8 Å². The Morgan fingerprint density at radius 1 is 0.956 bits per heavy atom. The van der Waals surface area contributed by atoms with E-state index in [1.54, 1.807) is 31.3 Å². The van der Waals surface area contributed by atoms with E-state index in [4.69, 9.17) is 0 Å². The zero-order valence-electron chi connectivity index (χ0n) is 24.2. The van der Waals surface area contributed by atoms with Crippen molar-refractivity contribution in [1.82, 2.24) is 19.9 Å². The van der Waals surface area contributed by atoms with Gasteiger partial charge in [0.2, 0.25) is 0 Å². The Labute approximate surface area is 259 Å². The van der Waals surface area contributed by atoms with E-state index in [-0.39, 0.29) is 32.9 Å². The van der Waals surface area contributed by atoms with E-state index in [0.717, 1.165) is 38.9 Å². The van der Waals surface area contributed by atoms with Crippen LogP contribution >= 0.6 is 11.3 Å². The maximum Gasteiger partial charge on any atom is 0.343 e. The van der Waals surface area contributed by atoms with Crippen LogP contribution in [-0.2, 0) is 27.8 Å². The number of nitrogens with zero attached hydrogens (tertiary/aromatic N) is 2. The first-order valence-corrected chi connectivity index (χ1v) is 16.0. The molecule has 5 aromatic rings. The van der Waals surface area contributed by atoms with Gasteiger partial charge >= 0.3 is 11.7 Å². The molecule has 2 heterocycles. The van der Waals surface area contributed by atoms with Gasteiger partial charge in [0.15, 0.2) is 9.84 Å². The van der Waals surface area contributed by atoms with E-state index in [1.807, 2.05) is 0 Å². The van der Waals surface area contributed by atoms with E-state index in [1.165, 1.54) is 37.4 Å². The lowest BCUT2D eigenvalue weighted by Gasteiger charge is -2.14. The van der Waals surface area contributed by atoms with Crippen molar-refractivity contribution in [2.24, 2.45) is 0 Å². The van der Waals surface area contributed by atoms with Crippen molar-refractivity contribution < 1.29 is 26.8 Å². The molecule has 0 unspecified atom stereocenters. The Morgan fingerprint density at radius 2 is 1.60 bits per heavy atom. The molecule has 5 rings (SSSR count). The average Bonchev–Trinajstić information content (AvgIpc) is 3.36. The first kappa shape index (κ1) is 31.7. The topological polar surface area (TPSA) is 141 Å². The summed E-state index contributed by atoms with van der Waals surface area (Å²) in [5, 5.41) is 5.79. The van der Waals surface area contributed by atoms with Gasteiger partial charge < -0.3 is 10.6 Å². The number of nitrogens with one attached hydrogen (secondary N) is 3. The summed E-state index contributed by atoms with van der Waals surface area (Å²) in [6.45, 7) is -0.327. The second-order valence-electron chi connectivity index (χ2n) is 9.93. The predicted molar refractivity (Wildman–Crippen MR) is 168 cm³/mol. The zero-order chi connectivity index (χ0) is 32.5.